The third-order valence-corrected chi connectivity index (χ3v) is 4.04. The van der Waals surface area contributed by atoms with E-state index in [9.17, 15) is 4.79 Å². The third kappa shape index (κ3) is 4.00. The van der Waals surface area contributed by atoms with Crippen molar-refractivity contribution in [3.8, 4) is 0 Å². The van der Waals surface area contributed by atoms with Gasteiger partial charge < -0.3 is 15.6 Å². The molecule has 0 radical (unpaired) electrons. The van der Waals surface area contributed by atoms with Crippen LogP contribution < -0.4 is 11.1 Å². The summed E-state index contributed by atoms with van der Waals surface area (Å²) < 4.78 is 2.10. The summed E-state index contributed by atoms with van der Waals surface area (Å²) in [5, 5.41) is 2.92. The van der Waals surface area contributed by atoms with E-state index in [1.807, 2.05) is 54.9 Å². The highest BCUT2D eigenvalue weighted by Gasteiger charge is 2.13. The predicted molar refractivity (Wildman–Crippen MR) is 95.5 cm³/mol. The molecular weight excluding hydrogens is 300 g/mol. The summed E-state index contributed by atoms with van der Waals surface area (Å²) in [5.74, 6) is -0.102. The average Bonchev–Trinajstić information content (AvgIpc) is 3.02. The molecule has 2 aromatic carbocycles. The van der Waals surface area contributed by atoms with E-state index in [4.69, 9.17) is 5.73 Å². The summed E-state index contributed by atoms with van der Waals surface area (Å²) in [4.78, 5) is 16.4. The van der Waals surface area contributed by atoms with Gasteiger partial charge in [-0.3, -0.25) is 4.79 Å². The number of hydrogen-bond donors (Lipinski definition) is 2. The molecule has 0 aliphatic rings. The zero-order valence-corrected chi connectivity index (χ0v) is 13.6. The summed E-state index contributed by atoms with van der Waals surface area (Å²) in [5.41, 5.74) is 9.15. The summed E-state index contributed by atoms with van der Waals surface area (Å²) in [7, 11) is 0. The Morgan fingerprint density at radius 3 is 2.71 bits per heavy atom. The van der Waals surface area contributed by atoms with Crippen molar-refractivity contribution in [3.63, 3.8) is 0 Å². The zero-order chi connectivity index (χ0) is 16.8. The molecule has 0 saturated carbocycles. The minimum absolute atomic E-state index is 0.102. The number of carbonyl (C=O) groups excluding carboxylic acids is 1. The normalized spacial score (nSPS) is 12.2. The number of fused-ring (bicyclic) bond motifs is 1. The van der Waals surface area contributed by atoms with Crippen LogP contribution >= 0.6 is 0 Å². The molecule has 0 aliphatic carbocycles. The monoisotopic (exact) mass is 322 g/mol. The number of amides is 1. The molecule has 1 amide bonds. The Morgan fingerprint density at radius 1 is 1.12 bits per heavy atom. The Kier molecular flexibility index (Phi) is 5.23. The fraction of sp³-hybridized carbons (Fsp3) is 0.263. The number of aromatic nitrogens is 2. The molecule has 5 nitrogen and oxygen atoms in total. The molecule has 124 valence electrons. The summed E-state index contributed by atoms with van der Waals surface area (Å²) in [6, 6.07) is 17.3. The lowest BCUT2D eigenvalue weighted by Gasteiger charge is -2.12. The molecule has 0 aliphatic heterocycles. The molecule has 5 heteroatoms. The van der Waals surface area contributed by atoms with Crippen LogP contribution in [-0.2, 0) is 17.8 Å². The van der Waals surface area contributed by atoms with Gasteiger partial charge in [0.2, 0.25) is 5.91 Å². The highest BCUT2D eigenvalue weighted by molar-refractivity contribution is 5.81. The van der Waals surface area contributed by atoms with E-state index in [1.165, 1.54) is 0 Å². The molecule has 0 bridgehead atoms. The molecule has 0 fully saturated rings. The molecule has 1 aromatic heterocycles. The summed E-state index contributed by atoms with van der Waals surface area (Å²) in [6.07, 6.45) is 3.23. The molecule has 0 spiro atoms. The molecule has 1 atom stereocenters. The van der Waals surface area contributed by atoms with Gasteiger partial charge in [-0.1, -0.05) is 42.5 Å². The quantitative estimate of drug-likeness (QED) is 0.654. The molecular formula is C19H22N4O. The van der Waals surface area contributed by atoms with Crippen LogP contribution in [0.3, 0.4) is 0 Å². The van der Waals surface area contributed by atoms with Crippen molar-refractivity contribution in [1.82, 2.24) is 14.9 Å². The van der Waals surface area contributed by atoms with Crippen LogP contribution in [-0.4, -0.2) is 28.0 Å². The maximum atomic E-state index is 12.1. The number of carbonyl (C=O) groups is 1. The third-order valence-electron chi connectivity index (χ3n) is 4.04. The lowest BCUT2D eigenvalue weighted by atomic mass is 10.1. The van der Waals surface area contributed by atoms with Gasteiger partial charge in [0.05, 0.1) is 23.4 Å². The number of imidazole rings is 1. The minimum atomic E-state index is -0.513. The van der Waals surface area contributed by atoms with Crippen LogP contribution in [0.25, 0.3) is 11.0 Å². The van der Waals surface area contributed by atoms with Crippen LogP contribution in [0.2, 0.25) is 0 Å². The largest absolute Gasteiger partial charge is 0.355 e. The van der Waals surface area contributed by atoms with E-state index in [2.05, 4.69) is 20.9 Å². The van der Waals surface area contributed by atoms with Gasteiger partial charge in [-0.15, -0.1) is 0 Å². The summed E-state index contributed by atoms with van der Waals surface area (Å²) in [6.45, 7) is 1.42. The number of hydrogen-bond acceptors (Lipinski definition) is 3. The molecule has 0 saturated heterocycles. The van der Waals surface area contributed by atoms with Crippen LogP contribution in [0.4, 0.5) is 0 Å². The van der Waals surface area contributed by atoms with Crippen molar-refractivity contribution in [2.45, 2.75) is 25.4 Å². The first-order valence-electron chi connectivity index (χ1n) is 8.21. The van der Waals surface area contributed by atoms with Crippen molar-refractivity contribution in [1.29, 1.82) is 0 Å². The molecule has 1 heterocycles. The van der Waals surface area contributed by atoms with Gasteiger partial charge in [-0.05, 0) is 30.5 Å². The fourth-order valence-electron chi connectivity index (χ4n) is 2.74. The molecule has 3 N–H and O–H groups in total. The van der Waals surface area contributed by atoms with Crippen LogP contribution in [0, 0.1) is 0 Å². The average molecular weight is 322 g/mol. The van der Waals surface area contributed by atoms with E-state index < -0.39 is 6.04 Å². The Hall–Kier alpha value is -2.66. The first kappa shape index (κ1) is 16.2. The SMILES string of the molecule is NC(Cc1ccccc1)C(=O)NCCCn1cnc2ccccc21. The van der Waals surface area contributed by atoms with Crippen molar-refractivity contribution >= 4 is 16.9 Å². The molecule has 1 unspecified atom stereocenters. The van der Waals surface area contributed by atoms with Crippen LogP contribution in [0.5, 0.6) is 0 Å². The van der Waals surface area contributed by atoms with E-state index >= 15 is 0 Å². The summed E-state index contributed by atoms with van der Waals surface area (Å²) >= 11 is 0. The van der Waals surface area contributed by atoms with E-state index in [1.54, 1.807) is 0 Å². The lowest BCUT2D eigenvalue weighted by Crippen LogP contribution is -2.42. The molecule has 3 aromatic rings. The topological polar surface area (TPSA) is 72.9 Å². The van der Waals surface area contributed by atoms with Gasteiger partial charge in [-0.25, -0.2) is 4.98 Å². The first-order chi connectivity index (χ1) is 11.7. The van der Waals surface area contributed by atoms with E-state index in [0.717, 1.165) is 29.6 Å². The van der Waals surface area contributed by atoms with Gasteiger partial charge in [0.1, 0.15) is 0 Å². The zero-order valence-electron chi connectivity index (χ0n) is 13.6. The maximum Gasteiger partial charge on any atom is 0.237 e. The van der Waals surface area contributed by atoms with Crippen molar-refractivity contribution in [2.75, 3.05) is 6.54 Å². The standard InChI is InChI=1S/C19H22N4O/c20-16(13-15-7-2-1-3-8-15)19(24)21-11-6-12-23-14-22-17-9-4-5-10-18(17)23/h1-5,7-10,14,16H,6,11-13,20H2,(H,21,24). The maximum absolute atomic E-state index is 12.1. The van der Waals surface area contributed by atoms with Crippen LogP contribution in [0.15, 0.2) is 60.9 Å². The number of benzene rings is 2. The Labute approximate surface area is 141 Å². The lowest BCUT2D eigenvalue weighted by molar-refractivity contribution is -0.122. The number of para-hydroxylation sites is 2. The highest BCUT2D eigenvalue weighted by Crippen LogP contribution is 2.11. The van der Waals surface area contributed by atoms with Gasteiger partial charge in [0, 0.05) is 13.1 Å². The first-order valence-corrected chi connectivity index (χ1v) is 8.21. The minimum Gasteiger partial charge on any atom is -0.355 e. The van der Waals surface area contributed by atoms with Crippen molar-refractivity contribution < 1.29 is 4.79 Å². The molecule has 24 heavy (non-hydrogen) atoms. The predicted octanol–water partition coefficient (Wildman–Crippen LogP) is 2.11. The number of rotatable bonds is 7. The second-order valence-electron chi connectivity index (χ2n) is 5.87. The van der Waals surface area contributed by atoms with E-state index in [0.29, 0.717) is 13.0 Å². The Morgan fingerprint density at radius 2 is 1.88 bits per heavy atom. The van der Waals surface area contributed by atoms with Gasteiger partial charge >= 0.3 is 0 Å². The second-order valence-corrected chi connectivity index (χ2v) is 5.87. The molecule has 3 rings (SSSR count). The van der Waals surface area contributed by atoms with E-state index in [-0.39, 0.29) is 5.91 Å². The fourth-order valence-corrected chi connectivity index (χ4v) is 2.74. The Bertz CT molecular complexity index is 797. The van der Waals surface area contributed by atoms with Crippen molar-refractivity contribution in [2.24, 2.45) is 5.73 Å². The number of nitrogens with zero attached hydrogens (tertiary/aromatic N) is 2. The smallest absolute Gasteiger partial charge is 0.237 e. The van der Waals surface area contributed by atoms with Crippen molar-refractivity contribution in [3.05, 3.63) is 66.5 Å². The highest BCUT2D eigenvalue weighted by atomic mass is 16.2. The van der Waals surface area contributed by atoms with Gasteiger partial charge in [-0.2, -0.15) is 0 Å². The van der Waals surface area contributed by atoms with Crippen LogP contribution in [0.1, 0.15) is 12.0 Å². The second kappa shape index (κ2) is 7.75. The Balaban J connectivity index is 1.43. The van der Waals surface area contributed by atoms with Gasteiger partial charge in [0.15, 0.2) is 0 Å². The van der Waals surface area contributed by atoms with Gasteiger partial charge in [0.25, 0.3) is 0 Å². The number of nitrogens with one attached hydrogen (secondary N) is 1. The number of nitrogens with two attached hydrogens (primary N) is 1. The number of aryl methyl sites for hydroxylation is 1.